The highest BCUT2D eigenvalue weighted by Gasteiger charge is 2.32. The van der Waals surface area contributed by atoms with Crippen molar-refractivity contribution < 1.29 is 27.5 Å². The number of fused-ring (bicyclic) bond motifs is 1. The molecule has 1 atom stereocenters. The Labute approximate surface area is 222 Å². The number of amides is 2. The van der Waals surface area contributed by atoms with E-state index in [0.717, 1.165) is 36.2 Å². The van der Waals surface area contributed by atoms with Crippen LogP contribution in [0.4, 0.5) is 5.69 Å². The lowest BCUT2D eigenvalue weighted by atomic mass is 10.1. The zero-order valence-corrected chi connectivity index (χ0v) is 22.6. The normalized spacial score (nSPS) is 16.2. The van der Waals surface area contributed by atoms with Gasteiger partial charge in [0, 0.05) is 23.7 Å². The third-order valence-electron chi connectivity index (χ3n) is 6.66. The summed E-state index contributed by atoms with van der Waals surface area (Å²) in [6, 6.07) is 11.0. The summed E-state index contributed by atoms with van der Waals surface area (Å²) in [6.45, 7) is 1.94. The third kappa shape index (κ3) is 6.67. The van der Waals surface area contributed by atoms with Gasteiger partial charge in [-0.3, -0.25) is 13.9 Å². The molecule has 1 heterocycles. The molecule has 2 aromatic carbocycles. The lowest BCUT2D eigenvalue weighted by Gasteiger charge is -2.32. The molecule has 200 valence electrons. The Kier molecular flexibility index (Phi) is 8.49. The number of hydrogen-bond donors (Lipinski definition) is 1. The number of ether oxygens (including phenoxy) is 2. The van der Waals surface area contributed by atoms with Crippen LogP contribution in [0, 0.1) is 0 Å². The maximum atomic E-state index is 13.7. The van der Waals surface area contributed by atoms with Gasteiger partial charge in [0.2, 0.25) is 21.8 Å². The van der Waals surface area contributed by atoms with Crippen molar-refractivity contribution in [1.82, 2.24) is 10.2 Å². The Balaban J connectivity index is 1.61. The lowest BCUT2D eigenvalue weighted by Crippen LogP contribution is -2.52. The van der Waals surface area contributed by atoms with Crippen molar-refractivity contribution in [3.05, 3.63) is 53.1 Å². The fraction of sp³-hybridized carbons (Fsp3) is 0.462. The highest BCUT2D eigenvalue weighted by molar-refractivity contribution is 7.92. The molecular weight excluding hydrogens is 518 g/mol. The van der Waals surface area contributed by atoms with Crippen molar-refractivity contribution in [2.75, 3.05) is 30.3 Å². The Morgan fingerprint density at radius 3 is 2.43 bits per heavy atom. The zero-order chi connectivity index (χ0) is 26.6. The molecule has 4 rings (SSSR count). The second-order valence-electron chi connectivity index (χ2n) is 9.38. The quantitative estimate of drug-likeness (QED) is 0.514. The number of sulfonamides is 1. The van der Waals surface area contributed by atoms with E-state index >= 15 is 0 Å². The first-order chi connectivity index (χ1) is 17.6. The van der Waals surface area contributed by atoms with E-state index in [9.17, 15) is 18.0 Å². The predicted octanol–water partition coefficient (Wildman–Crippen LogP) is 3.35. The van der Waals surface area contributed by atoms with Crippen molar-refractivity contribution >= 4 is 39.1 Å². The molecule has 0 unspecified atom stereocenters. The average Bonchev–Trinajstić information content (AvgIpc) is 3.38. The summed E-state index contributed by atoms with van der Waals surface area (Å²) in [6.07, 6.45) is 4.96. The van der Waals surface area contributed by atoms with Crippen LogP contribution in [0.3, 0.4) is 0 Å². The molecule has 1 aliphatic heterocycles. The zero-order valence-electron chi connectivity index (χ0n) is 21.0. The Morgan fingerprint density at radius 2 is 1.76 bits per heavy atom. The molecule has 2 aromatic rings. The Hall–Kier alpha value is -2.98. The molecule has 0 aromatic heterocycles. The van der Waals surface area contributed by atoms with Crippen molar-refractivity contribution in [2.45, 2.75) is 51.2 Å². The standard InChI is InChI=1S/C26H32ClN3O6S/c1-18(26(32)28-20-8-4-5-9-20)29(16-19-7-3-6-10-22(19)27)25(31)17-30(37(2,33)34)21-11-12-23-24(15-21)36-14-13-35-23/h3,6-7,10-12,15,18,20H,4-5,8-9,13-14,16-17H2,1-2H3,(H,28,32)/t18-/m1/s1. The molecular formula is C26H32ClN3O6S. The molecule has 0 bridgehead atoms. The van der Waals surface area contributed by atoms with E-state index in [1.54, 1.807) is 43.3 Å². The molecule has 2 amide bonds. The number of carbonyl (C=O) groups excluding carboxylic acids is 2. The van der Waals surface area contributed by atoms with Crippen molar-refractivity contribution in [3.63, 3.8) is 0 Å². The van der Waals surface area contributed by atoms with E-state index in [4.69, 9.17) is 21.1 Å². The summed E-state index contributed by atoms with van der Waals surface area (Å²) in [5.41, 5.74) is 0.920. The number of benzene rings is 2. The highest BCUT2D eigenvalue weighted by atomic mass is 35.5. The van der Waals surface area contributed by atoms with E-state index in [1.807, 2.05) is 0 Å². The fourth-order valence-electron chi connectivity index (χ4n) is 4.59. The number of rotatable bonds is 9. The monoisotopic (exact) mass is 549 g/mol. The Morgan fingerprint density at radius 1 is 1.08 bits per heavy atom. The fourth-order valence-corrected chi connectivity index (χ4v) is 5.62. The summed E-state index contributed by atoms with van der Waals surface area (Å²) >= 11 is 6.37. The second kappa shape index (κ2) is 11.6. The number of nitrogens with one attached hydrogen (secondary N) is 1. The molecule has 1 aliphatic carbocycles. The van der Waals surface area contributed by atoms with Gasteiger partial charge in [-0.25, -0.2) is 8.42 Å². The van der Waals surface area contributed by atoms with Gasteiger partial charge >= 0.3 is 0 Å². The molecule has 11 heteroatoms. The van der Waals surface area contributed by atoms with Crippen LogP contribution in [-0.4, -0.2) is 63.2 Å². The highest BCUT2D eigenvalue weighted by Crippen LogP contribution is 2.35. The molecule has 0 radical (unpaired) electrons. The Bertz CT molecular complexity index is 1250. The lowest BCUT2D eigenvalue weighted by molar-refractivity contribution is -0.139. The van der Waals surface area contributed by atoms with Crippen LogP contribution >= 0.6 is 11.6 Å². The van der Waals surface area contributed by atoms with Crippen molar-refractivity contribution in [2.24, 2.45) is 0 Å². The van der Waals surface area contributed by atoms with E-state index < -0.39 is 28.5 Å². The summed E-state index contributed by atoms with van der Waals surface area (Å²) in [5.74, 6) is 0.0984. The van der Waals surface area contributed by atoms with Crippen LogP contribution in [0.5, 0.6) is 11.5 Å². The molecule has 1 saturated carbocycles. The molecule has 1 N–H and O–H groups in total. The molecule has 2 aliphatic rings. The summed E-state index contributed by atoms with van der Waals surface area (Å²) in [7, 11) is -3.86. The first-order valence-corrected chi connectivity index (χ1v) is 14.6. The summed E-state index contributed by atoms with van der Waals surface area (Å²) in [5, 5.41) is 3.49. The predicted molar refractivity (Wildman–Crippen MR) is 141 cm³/mol. The van der Waals surface area contributed by atoms with Crippen LogP contribution in [0.1, 0.15) is 38.2 Å². The minimum Gasteiger partial charge on any atom is -0.486 e. The molecule has 0 spiro atoms. The minimum atomic E-state index is -3.86. The third-order valence-corrected chi connectivity index (χ3v) is 8.17. The first-order valence-electron chi connectivity index (χ1n) is 12.3. The number of nitrogens with zero attached hydrogens (tertiary/aromatic N) is 2. The molecule has 0 saturated heterocycles. The smallest absolute Gasteiger partial charge is 0.244 e. The van der Waals surface area contributed by atoms with Crippen LogP contribution < -0.4 is 19.1 Å². The number of carbonyl (C=O) groups is 2. The topological polar surface area (TPSA) is 105 Å². The van der Waals surface area contributed by atoms with Gasteiger partial charge in [-0.2, -0.15) is 0 Å². The number of halogens is 1. The molecule has 9 nitrogen and oxygen atoms in total. The summed E-state index contributed by atoms with van der Waals surface area (Å²) in [4.78, 5) is 28.2. The van der Waals surface area contributed by atoms with Crippen molar-refractivity contribution in [3.8, 4) is 11.5 Å². The molecule has 1 fully saturated rings. The molecule has 37 heavy (non-hydrogen) atoms. The average molecular weight is 550 g/mol. The largest absolute Gasteiger partial charge is 0.486 e. The minimum absolute atomic E-state index is 0.0521. The van der Waals surface area contributed by atoms with E-state index in [1.165, 1.54) is 11.0 Å². The van der Waals surface area contributed by atoms with E-state index in [0.29, 0.717) is 35.3 Å². The number of hydrogen-bond acceptors (Lipinski definition) is 6. The van der Waals surface area contributed by atoms with Gasteiger partial charge in [-0.15, -0.1) is 0 Å². The van der Waals surface area contributed by atoms with Crippen LogP contribution in [0.2, 0.25) is 5.02 Å². The van der Waals surface area contributed by atoms with Crippen LogP contribution in [0.25, 0.3) is 0 Å². The maximum Gasteiger partial charge on any atom is 0.244 e. The van der Waals surface area contributed by atoms with E-state index in [2.05, 4.69) is 5.32 Å². The SMILES string of the molecule is C[C@H](C(=O)NC1CCCC1)N(Cc1ccccc1Cl)C(=O)CN(c1ccc2c(c1)OCCO2)S(C)(=O)=O. The van der Waals surface area contributed by atoms with Gasteiger partial charge in [0.05, 0.1) is 11.9 Å². The van der Waals surface area contributed by atoms with Gasteiger partial charge in [-0.05, 0) is 43.5 Å². The maximum absolute atomic E-state index is 13.7. The van der Waals surface area contributed by atoms with Crippen LogP contribution in [0.15, 0.2) is 42.5 Å². The van der Waals surface area contributed by atoms with Crippen molar-refractivity contribution in [1.29, 1.82) is 0 Å². The second-order valence-corrected chi connectivity index (χ2v) is 11.7. The first kappa shape index (κ1) is 27.1. The van der Waals surface area contributed by atoms with Crippen LogP contribution in [-0.2, 0) is 26.2 Å². The van der Waals surface area contributed by atoms with Gasteiger partial charge in [0.15, 0.2) is 11.5 Å². The van der Waals surface area contributed by atoms with E-state index in [-0.39, 0.29) is 24.2 Å². The number of anilines is 1. The summed E-state index contributed by atoms with van der Waals surface area (Å²) < 4.78 is 37.7. The van der Waals surface area contributed by atoms with Gasteiger partial charge in [0.1, 0.15) is 25.8 Å². The van der Waals surface area contributed by atoms with Gasteiger partial charge < -0.3 is 19.7 Å². The van der Waals surface area contributed by atoms with Gasteiger partial charge in [-0.1, -0.05) is 42.6 Å². The van der Waals surface area contributed by atoms with Gasteiger partial charge in [0.25, 0.3) is 0 Å².